The van der Waals surface area contributed by atoms with Gasteiger partial charge in [0.2, 0.25) is 4.77 Å². The molecule has 1 heterocycles. The SMILES string of the molecule is CC(C)Oc1cccc(-c2n[nH]c(=S)n2N=Cc2ccc(C(=O)O)cc2)c1. The summed E-state index contributed by atoms with van der Waals surface area (Å²) in [6.45, 7) is 3.92. The number of rotatable bonds is 6. The fourth-order valence-corrected chi connectivity index (χ4v) is 2.58. The van der Waals surface area contributed by atoms with Crippen molar-refractivity contribution in [3.8, 4) is 17.1 Å². The van der Waals surface area contributed by atoms with E-state index in [0.717, 1.165) is 16.9 Å². The Labute approximate surface area is 160 Å². The Morgan fingerprint density at radius 2 is 2.04 bits per heavy atom. The summed E-state index contributed by atoms with van der Waals surface area (Å²) in [5.41, 5.74) is 1.76. The number of carboxylic acids is 1. The molecule has 0 saturated heterocycles. The summed E-state index contributed by atoms with van der Waals surface area (Å²) in [7, 11) is 0. The van der Waals surface area contributed by atoms with Crippen LogP contribution in [-0.4, -0.2) is 38.3 Å². The van der Waals surface area contributed by atoms with E-state index >= 15 is 0 Å². The first-order valence-corrected chi connectivity index (χ1v) is 8.67. The van der Waals surface area contributed by atoms with Gasteiger partial charge in [-0.15, -0.1) is 0 Å². The van der Waals surface area contributed by atoms with Gasteiger partial charge in [-0.2, -0.15) is 14.9 Å². The minimum absolute atomic E-state index is 0.0628. The molecule has 7 nitrogen and oxygen atoms in total. The van der Waals surface area contributed by atoms with Crippen molar-refractivity contribution in [1.82, 2.24) is 14.9 Å². The number of aromatic carboxylic acids is 1. The van der Waals surface area contributed by atoms with E-state index in [-0.39, 0.29) is 11.7 Å². The summed E-state index contributed by atoms with van der Waals surface area (Å²) in [6.07, 6.45) is 1.66. The zero-order chi connectivity index (χ0) is 19.4. The highest BCUT2D eigenvalue weighted by Gasteiger charge is 2.10. The number of benzene rings is 2. The lowest BCUT2D eigenvalue weighted by molar-refractivity contribution is 0.0697. The Bertz CT molecular complexity index is 1040. The van der Waals surface area contributed by atoms with Crippen LogP contribution in [0, 0.1) is 4.77 Å². The number of H-pyrrole nitrogens is 1. The fraction of sp³-hybridized carbons (Fsp3) is 0.158. The molecule has 138 valence electrons. The second kappa shape index (κ2) is 7.96. The zero-order valence-corrected chi connectivity index (χ0v) is 15.6. The van der Waals surface area contributed by atoms with E-state index in [1.165, 1.54) is 16.8 Å². The second-order valence-corrected chi connectivity index (χ2v) is 6.42. The summed E-state index contributed by atoms with van der Waals surface area (Å²) in [6, 6.07) is 13.9. The van der Waals surface area contributed by atoms with Gasteiger partial charge >= 0.3 is 5.97 Å². The fourth-order valence-electron chi connectivity index (χ4n) is 2.40. The molecule has 0 unspecified atom stereocenters. The van der Waals surface area contributed by atoms with Crippen LogP contribution >= 0.6 is 12.2 Å². The lowest BCUT2D eigenvalue weighted by atomic mass is 10.1. The van der Waals surface area contributed by atoms with E-state index in [1.807, 2.05) is 38.1 Å². The monoisotopic (exact) mass is 382 g/mol. The molecule has 2 aromatic carbocycles. The standard InChI is InChI=1S/C19H18N4O3S/c1-12(2)26-16-5-3-4-15(10-16)17-21-22-19(27)23(17)20-11-13-6-8-14(9-7-13)18(24)25/h3-12H,1-2H3,(H,22,27)(H,24,25). The van der Waals surface area contributed by atoms with Crippen molar-refractivity contribution in [3.63, 3.8) is 0 Å². The van der Waals surface area contributed by atoms with E-state index in [2.05, 4.69) is 15.3 Å². The normalized spacial score (nSPS) is 11.2. The lowest BCUT2D eigenvalue weighted by Gasteiger charge is -2.10. The number of nitrogens with one attached hydrogen (secondary N) is 1. The molecule has 0 spiro atoms. The van der Waals surface area contributed by atoms with Crippen molar-refractivity contribution >= 4 is 24.4 Å². The number of ether oxygens (including phenoxy) is 1. The topological polar surface area (TPSA) is 92.5 Å². The van der Waals surface area contributed by atoms with Crippen LogP contribution in [0.15, 0.2) is 53.6 Å². The largest absolute Gasteiger partial charge is 0.491 e. The van der Waals surface area contributed by atoms with Crippen LogP contribution in [-0.2, 0) is 0 Å². The summed E-state index contributed by atoms with van der Waals surface area (Å²) in [4.78, 5) is 10.9. The van der Waals surface area contributed by atoms with Crippen molar-refractivity contribution in [2.45, 2.75) is 20.0 Å². The van der Waals surface area contributed by atoms with Crippen molar-refractivity contribution < 1.29 is 14.6 Å². The van der Waals surface area contributed by atoms with Gasteiger partial charge in [-0.1, -0.05) is 24.3 Å². The molecule has 27 heavy (non-hydrogen) atoms. The molecule has 0 saturated carbocycles. The number of carbonyl (C=O) groups is 1. The van der Waals surface area contributed by atoms with Crippen molar-refractivity contribution in [3.05, 3.63) is 64.4 Å². The number of hydrogen-bond acceptors (Lipinski definition) is 5. The Kier molecular flexibility index (Phi) is 5.46. The van der Waals surface area contributed by atoms with Gasteiger partial charge in [-0.3, -0.25) is 0 Å². The molecular weight excluding hydrogens is 364 g/mol. The van der Waals surface area contributed by atoms with E-state index < -0.39 is 5.97 Å². The van der Waals surface area contributed by atoms with E-state index in [9.17, 15) is 4.79 Å². The average molecular weight is 382 g/mol. The second-order valence-electron chi connectivity index (χ2n) is 6.03. The molecule has 0 bridgehead atoms. The van der Waals surface area contributed by atoms with Crippen LogP contribution in [0.1, 0.15) is 29.8 Å². The van der Waals surface area contributed by atoms with Gasteiger partial charge in [-0.05, 0) is 55.9 Å². The molecule has 0 amide bonds. The van der Waals surface area contributed by atoms with Crippen LogP contribution in [0.5, 0.6) is 5.75 Å². The van der Waals surface area contributed by atoms with Gasteiger partial charge in [0.15, 0.2) is 5.82 Å². The summed E-state index contributed by atoms with van der Waals surface area (Å²) >= 11 is 5.27. The molecule has 1 aromatic heterocycles. The molecule has 0 aliphatic carbocycles. The van der Waals surface area contributed by atoms with Crippen LogP contribution in [0.25, 0.3) is 11.4 Å². The minimum atomic E-state index is -0.971. The van der Waals surface area contributed by atoms with Crippen LogP contribution < -0.4 is 4.74 Å². The van der Waals surface area contributed by atoms with Crippen molar-refractivity contribution in [1.29, 1.82) is 0 Å². The van der Waals surface area contributed by atoms with Gasteiger partial charge in [0.05, 0.1) is 17.9 Å². The third-order valence-corrected chi connectivity index (χ3v) is 3.86. The predicted molar refractivity (Wildman–Crippen MR) is 105 cm³/mol. The lowest BCUT2D eigenvalue weighted by Crippen LogP contribution is -2.05. The molecule has 0 aliphatic heterocycles. The highest BCUT2D eigenvalue weighted by molar-refractivity contribution is 7.71. The van der Waals surface area contributed by atoms with Gasteiger partial charge in [0, 0.05) is 5.56 Å². The zero-order valence-electron chi connectivity index (χ0n) is 14.8. The summed E-state index contributed by atoms with van der Waals surface area (Å²) in [5.74, 6) is 0.310. The molecule has 3 rings (SSSR count). The number of nitrogens with zero attached hydrogens (tertiary/aromatic N) is 3. The minimum Gasteiger partial charge on any atom is -0.491 e. The number of carboxylic acid groups (broad SMARTS) is 1. The average Bonchev–Trinajstić information content (AvgIpc) is 3.00. The summed E-state index contributed by atoms with van der Waals surface area (Å²) < 4.78 is 7.58. The molecule has 3 aromatic rings. The Morgan fingerprint density at radius 1 is 1.30 bits per heavy atom. The Hall–Kier alpha value is -3.26. The third kappa shape index (κ3) is 4.48. The number of hydrogen-bond donors (Lipinski definition) is 2. The highest BCUT2D eigenvalue weighted by atomic mass is 32.1. The number of aromatic amines is 1. The molecule has 0 aliphatic rings. The van der Waals surface area contributed by atoms with Crippen molar-refractivity contribution in [2.75, 3.05) is 0 Å². The Morgan fingerprint density at radius 3 is 2.70 bits per heavy atom. The first-order valence-electron chi connectivity index (χ1n) is 8.26. The van der Waals surface area contributed by atoms with Crippen LogP contribution in [0.2, 0.25) is 0 Å². The first-order chi connectivity index (χ1) is 12.9. The van der Waals surface area contributed by atoms with Gasteiger partial charge in [0.1, 0.15) is 5.75 Å². The summed E-state index contributed by atoms with van der Waals surface area (Å²) in [5, 5.41) is 20.3. The maximum Gasteiger partial charge on any atom is 0.335 e. The van der Waals surface area contributed by atoms with Gasteiger partial charge in [0.25, 0.3) is 0 Å². The van der Waals surface area contributed by atoms with Crippen LogP contribution in [0.4, 0.5) is 0 Å². The van der Waals surface area contributed by atoms with Crippen molar-refractivity contribution in [2.24, 2.45) is 5.10 Å². The van der Waals surface area contributed by atoms with E-state index in [1.54, 1.807) is 18.3 Å². The molecule has 8 heteroatoms. The molecule has 0 radical (unpaired) electrons. The third-order valence-electron chi connectivity index (χ3n) is 3.59. The maximum absolute atomic E-state index is 10.9. The molecular formula is C19H18N4O3S. The van der Waals surface area contributed by atoms with E-state index in [0.29, 0.717) is 10.6 Å². The molecule has 0 atom stereocenters. The molecule has 0 fully saturated rings. The smallest absolute Gasteiger partial charge is 0.335 e. The first kappa shape index (κ1) is 18.5. The highest BCUT2D eigenvalue weighted by Crippen LogP contribution is 2.23. The quantitative estimate of drug-likeness (QED) is 0.497. The van der Waals surface area contributed by atoms with E-state index in [4.69, 9.17) is 22.1 Å². The van der Waals surface area contributed by atoms with Gasteiger partial charge in [-0.25, -0.2) is 9.89 Å². The maximum atomic E-state index is 10.9. The molecule has 2 N–H and O–H groups in total. The van der Waals surface area contributed by atoms with Gasteiger partial charge < -0.3 is 9.84 Å². The van der Waals surface area contributed by atoms with Crippen LogP contribution in [0.3, 0.4) is 0 Å². The predicted octanol–water partition coefficient (Wildman–Crippen LogP) is 3.98. The number of aromatic nitrogens is 3. The Balaban J connectivity index is 1.91.